The topological polar surface area (TPSA) is 107 Å². The molecule has 3 N–H and O–H groups in total. The van der Waals surface area contributed by atoms with Crippen molar-refractivity contribution >= 4 is 15.8 Å². The van der Waals surface area contributed by atoms with Crippen molar-refractivity contribution in [2.45, 2.75) is 16.7 Å². The average molecular weight is 259 g/mol. The molecule has 1 unspecified atom stereocenters. The van der Waals surface area contributed by atoms with Gasteiger partial charge in [0.1, 0.15) is 11.1 Å². The van der Waals surface area contributed by atoms with Gasteiger partial charge in [-0.3, -0.25) is 4.79 Å². The van der Waals surface area contributed by atoms with Gasteiger partial charge in [-0.15, -0.1) is 0 Å². The Morgan fingerprint density at radius 1 is 1.41 bits per heavy atom. The number of carboxylic acid groups (broad SMARTS) is 1. The summed E-state index contributed by atoms with van der Waals surface area (Å²) in [7, 11) is -2.36. The van der Waals surface area contributed by atoms with Crippen LogP contribution in [-0.4, -0.2) is 32.0 Å². The van der Waals surface area contributed by atoms with E-state index in [1.165, 1.54) is 31.4 Å². The van der Waals surface area contributed by atoms with E-state index in [9.17, 15) is 13.2 Å². The Kier molecular flexibility index (Phi) is 4.08. The minimum atomic E-state index is -3.82. The van der Waals surface area contributed by atoms with Crippen LogP contribution in [0.25, 0.3) is 0 Å². The highest BCUT2D eigenvalue weighted by Crippen LogP contribution is 2.19. The number of rotatable bonds is 5. The molecule has 0 saturated carbocycles. The van der Waals surface area contributed by atoms with Gasteiger partial charge in [0.2, 0.25) is 0 Å². The maximum atomic E-state index is 11.8. The molecule has 0 radical (unpaired) electrons. The molecular formula is C10H13NO5S. The van der Waals surface area contributed by atoms with Crippen molar-refractivity contribution in [3.63, 3.8) is 0 Å². The number of carboxylic acids is 1. The maximum absolute atomic E-state index is 11.8. The van der Waals surface area contributed by atoms with E-state index in [1.54, 1.807) is 0 Å². The van der Waals surface area contributed by atoms with Crippen LogP contribution in [0.3, 0.4) is 0 Å². The van der Waals surface area contributed by atoms with Gasteiger partial charge in [-0.2, -0.15) is 0 Å². The van der Waals surface area contributed by atoms with Gasteiger partial charge in [0, 0.05) is 0 Å². The first-order chi connectivity index (χ1) is 7.87. The monoisotopic (exact) mass is 259 g/mol. The third-order valence-corrected chi connectivity index (χ3v) is 4.06. The molecule has 0 aromatic heterocycles. The van der Waals surface area contributed by atoms with Crippen molar-refractivity contribution in [2.75, 3.05) is 7.11 Å². The van der Waals surface area contributed by atoms with Crippen molar-refractivity contribution in [3.05, 3.63) is 24.3 Å². The van der Waals surface area contributed by atoms with Gasteiger partial charge in [0.25, 0.3) is 0 Å². The van der Waals surface area contributed by atoms with Gasteiger partial charge in [-0.05, 0) is 24.3 Å². The summed E-state index contributed by atoms with van der Waals surface area (Å²) in [5.41, 5.74) is 5.35. The molecule has 6 nitrogen and oxygen atoms in total. The molecule has 1 atom stereocenters. The van der Waals surface area contributed by atoms with Crippen LogP contribution in [0.4, 0.5) is 0 Å². The number of aliphatic carboxylic acids is 1. The molecule has 17 heavy (non-hydrogen) atoms. The van der Waals surface area contributed by atoms with E-state index in [0.29, 0.717) is 5.75 Å². The van der Waals surface area contributed by atoms with Crippen LogP contribution in [-0.2, 0) is 14.6 Å². The molecule has 1 aromatic carbocycles. The zero-order valence-electron chi connectivity index (χ0n) is 9.16. The van der Waals surface area contributed by atoms with Gasteiger partial charge >= 0.3 is 5.97 Å². The number of methoxy groups -OCH3 is 1. The number of sulfone groups is 1. The van der Waals surface area contributed by atoms with Gasteiger partial charge in [-0.25, -0.2) is 8.42 Å². The SMILES string of the molecule is COc1ccc(S(=O)(=O)C(N)CC(=O)O)cc1. The summed E-state index contributed by atoms with van der Waals surface area (Å²) >= 11 is 0. The van der Waals surface area contributed by atoms with Crippen molar-refractivity contribution < 1.29 is 23.1 Å². The van der Waals surface area contributed by atoms with Gasteiger partial charge in [0.05, 0.1) is 18.4 Å². The van der Waals surface area contributed by atoms with E-state index in [4.69, 9.17) is 15.6 Å². The summed E-state index contributed by atoms with van der Waals surface area (Å²) in [6.45, 7) is 0. The quantitative estimate of drug-likeness (QED) is 0.783. The normalized spacial score (nSPS) is 13.1. The zero-order chi connectivity index (χ0) is 13.1. The molecule has 0 aliphatic heterocycles. The summed E-state index contributed by atoms with van der Waals surface area (Å²) < 4.78 is 28.6. The first kappa shape index (κ1) is 13.5. The smallest absolute Gasteiger partial charge is 0.306 e. The highest BCUT2D eigenvalue weighted by Gasteiger charge is 2.25. The molecule has 0 saturated heterocycles. The third-order valence-electron chi connectivity index (χ3n) is 2.16. The number of hydrogen-bond acceptors (Lipinski definition) is 5. The van der Waals surface area contributed by atoms with Crippen molar-refractivity contribution in [2.24, 2.45) is 5.73 Å². The molecule has 1 rings (SSSR count). The lowest BCUT2D eigenvalue weighted by Gasteiger charge is -2.11. The zero-order valence-corrected chi connectivity index (χ0v) is 9.98. The first-order valence-electron chi connectivity index (χ1n) is 4.73. The number of hydrogen-bond donors (Lipinski definition) is 2. The fourth-order valence-corrected chi connectivity index (χ4v) is 2.45. The number of nitrogens with two attached hydrogens (primary N) is 1. The predicted octanol–water partition coefficient (Wildman–Crippen LogP) is 0.228. The molecule has 7 heteroatoms. The fraction of sp³-hybridized carbons (Fsp3) is 0.300. The summed E-state index contributed by atoms with van der Waals surface area (Å²) in [6, 6.07) is 5.60. The lowest BCUT2D eigenvalue weighted by atomic mass is 10.3. The minimum absolute atomic E-state index is 0.0212. The van der Waals surface area contributed by atoms with E-state index < -0.39 is 27.6 Å². The lowest BCUT2D eigenvalue weighted by Crippen LogP contribution is -2.33. The Balaban J connectivity index is 3.00. The fourth-order valence-electron chi connectivity index (χ4n) is 1.22. The minimum Gasteiger partial charge on any atom is -0.497 e. The largest absolute Gasteiger partial charge is 0.497 e. The molecule has 0 fully saturated rings. The Bertz CT molecular complexity index is 494. The number of ether oxygens (including phenoxy) is 1. The molecule has 0 aliphatic rings. The van der Waals surface area contributed by atoms with E-state index >= 15 is 0 Å². The van der Waals surface area contributed by atoms with Crippen molar-refractivity contribution in [3.8, 4) is 5.75 Å². The van der Waals surface area contributed by atoms with E-state index in [-0.39, 0.29) is 4.90 Å². The maximum Gasteiger partial charge on any atom is 0.306 e. The molecule has 1 aromatic rings. The van der Waals surface area contributed by atoms with Crippen LogP contribution >= 0.6 is 0 Å². The second-order valence-electron chi connectivity index (χ2n) is 3.36. The average Bonchev–Trinajstić information content (AvgIpc) is 2.28. The molecule has 0 aliphatic carbocycles. The van der Waals surface area contributed by atoms with Crippen LogP contribution in [0.15, 0.2) is 29.2 Å². The summed E-state index contributed by atoms with van der Waals surface area (Å²) in [6.07, 6.45) is -0.631. The summed E-state index contributed by atoms with van der Waals surface area (Å²) in [5, 5.41) is 7.06. The van der Waals surface area contributed by atoms with Crippen molar-refractivity contribution in [1.29, 1.82) is 0 Å². The molecule has 0 spiro atoms. The standard InChI is InChI=1S/C10H13NO5S/c1-16-7-2-4-8(5-3-7)17(14,15)9(11)6-10(12)13/h2-5,9H,6,11H2,1H3,(H,12,13). The van der Waals surface area contributed by atoms with E-state index in [2.05, 4.69) is 0 Å². The van der Waals surface area contributed by atoms with Crippen LogP contribution in [0.1, 0.15) is 6.42 Å². The lowest BCUT2D eigenvalue weighted by molar-refractivity contribution is -0.137. The molecule has 94 valence electrons. The van der Waals surface area contributed by atoms with Gasteiger partial charge in [-0.1, -0.05) is 0 Å². The Labute approximate surface area is 98.9 Å². The molecule has 0 bridgehead atoms. The summed E-state index contributed by atoms with van der Waals surface area (Å²) in [4.78, 5) is 10.4. The van der Waals surface area contributed by atoms with Crippen molar-refractivity contribution in [1.82, 2.24) is 0 Å². The molecule has 0 heterocycles. The van der Waals surface area contributed by atoms with Gasteiger partial charge in [0.15, 0.2) is 9.84 Å². The Hall–Kier alpha value is -1.60. The number of benzene rings is 1. The van der Waals surface area contributed by atoms with Crippen LogP contribution in [0, 0.1) is 0 Å². The van der Waals surface area contributed by atoms with Crippen LogP contribution in [0.2, 0.25) is 0 Å². The second kappa shape index (κ2) is 5.15. The highest BCUT2D eigenvalue weighted by atomic mass is 32.2. The first-order valence-corrected chi connectivity index (χ1v) is 6.28. The molecular weight excluding hydrogens is 246 g/mol. The van der Waals surface area contributed by atoms with Crippen LogP contribution in [0.5, 0.6) is 5.75 Å². The number of carbonyl (C=O) groups is 1. The second-order valence-corrected chi connectivity index (χ2v) is 5.52. The third kappa shape index (κ3) is 3.18. The van der Waals surface area contributed by atoms with Gasteiger partial charge < -0.3 is 15.6 Å². The predicted molar refractivity (Wildman–Crippen MR) is 60.4 cm³/mol. The molecule has 0 amide bonds. The van der Waals surface area contributed by atoms with E-state index in [0.717, 1.165) is 0 Å². The van der Waals surface area contributed by atoms with Crippen LogP contribution < -0.4 is 10.5 Å². The summed E-state index contributed by atoms with van der Waals surface area (Å²) in [5.74, 6) is -0.745. The highest BCUT2D eigenvalue weighted by molar-refractivity contribution is 7.92. The van der Waals surface area contributed by atoms with E-state index in [1.807, 2.05) is 0 Å². The Morgan fingerprint density at radius 2 is 1.94 bits per heavy atom. The Morgan fingerprint density at radius 3 is 2.35 bits per heavy atom.